The fraction of sp³-hybridized carbons (Fsp3) is 0.400. The lowest BCUT2D eigenvalue weighted by molar-refractivity contribution is 0.886. The van der Waals surface area contributed by atoms with E-state index < -0.39 is 0 Å². The van der Waals surface area contributed by atoms with Gasteiger partial charge in [-0.25, -0.2) is 4.98 Å². The van der Waals surface area contributed by atoms with Crippen LogP contribution in [0.5, 0.6) is 0 Å². The van der Waals surface area contributed by atoms with E-state index in [4.69, 9.17) is 0 Å². The van der Waals surface area contributed by atoms with Crippen LogP contribution >= 0.6 is 15.9 Å². The van der Waals surface area contributed by atoms with Crippen LogP contribution in [0.4, 0.5) is 5.82 Å². The highest BCUT2D eigenvalue weighted by atomic mass is 79.9. The molecule has 1 N–H and O–H groups in total. The summed E-state index contributed by atoms with van der Waals surface area (Å²) in [6, 6.07) is 3.81. The molecule has 0 bridgehead atoms. The van der Waals surface area contributed by atoms with E-state index in [1.807, 2.05) is 12.1 Å². The Labute approximate surface area is 91.8 Å². The van der Waals surface area contributed by atoms with Crippen LogP contribution in [0.1, 0.15) is 25.7 Å². The molecular weight excluding hydrogens is 242 g/mol. The number of rotatable bonds is 2. The molecule has 0 saturated heterocycles. The maximum absolute atomic E-state index is 4.32. The van der Waals surface area contributed by atoms with Gasteiger partial charge >= 0.3 is 0 Å². The zero-order chi connectivity index (χ0) is 9.80. The summed E-state index contributed by atoms with van der Waals surface area (Å²) in [5.74, 6) is 0.791. The summed E-state index contributed by atoms with van der Waals surface area (Å²) in [5, 5.41) is 4.32. The highest BCUT2D eigenvalue weighted by molar-refractivity contribution is 9.10. The van der Waals surface area contributed by atoms with Crippen molar-refractivity contribution in [2.75, 3.05) is 5.43 Å². The second-order valence-electron chi connectivity index (χ2n) is 3.36. The largest absolute Gasteiger partial charge is 0.261 e. The first-order valence-corrected chi connectivity index (χ1v) is 5.57. The number of pyridine rings is 1. The third kappa shape index (κ3) is 2.54. The van der Waals surface area contributed by atoms with Crippen LogP contribution in [-0.2, 0) is 0 Å². The average Bonchev–Trinajstić information content (AvgIpc) is 2.67. The normalized spacial score (nSPS) is 15.6. The predicted molar refractivity (Wildman–Crippen MR) is 61.5 cm³/mol. The third-order valence-corrected chi connectivity index (χ3v) is 2.72. The second-order valence-corrected chi connectivity index (χ2v) is 4.27. The van der Waals surface area contributed by atoms with Crippen LogP contribution in [0.3, 0.4) is 0 Å². The van der Waals surface area contributed by atoms with Gasteiger partial charge in [-0.2, -0.15) is 5.10 Å². The number of hydrogen-bond acceptors (Lipinski definition) is 3. The molecular formula is C10H12BrN3. The SMILES string of the molecule is Brc1ccnc(NN=C2CCCC2)c1. The molecule has 4 heteroatoms. The van der Waals surface area contributed by atoms with Crippen LogP contribution in [0, 0.1) is 0 Å². The van der Waals surface area contributed by atoms with Gasteiger partial charge in [-0.1, -0.05) is 15.9 Å². The summed E-state index contributed by atoms with van der Waals surface area (Å²) >= 11 is 3.39. The van der Waals surface area contributed by atoms with Crippen molar-refractivity contribution in [3.8, 4) is 0 Å². The quantitative estimate of drug-likeness (QED) is 0.823. The molecule has 0 unspecified atom stereocenters. The van der Waals surface area contributed by atoms with E-state index in [1.54, 1.807) is 6.20 Å². The van der Waals surface area contributed by atoms with Crippen molar-refractivity contribution in [3.63, 3.8) is 0 Å². The summed E-state index contributed by atoms with van der Waals surface area (Å²) in [4.78, 5) is 4.15. The molecule has 74 valence electrons. The molecule has 0 radical (unpaired) electrons. The summed E-state index contributed by atoms with van der Waals surface area (Å²) in [7, 11) is 0. The Bertz CT molecular complexity index is 341. The lowest BCUT2D eigenvalue weighted by atomic mass is 10.3. The molecule has 0 aliphatic heterocycles. The number of hydrazone groups is 1. The first-order chi connectivity index (χ1) is 6.84. The van der Waals surface area contributed by atoms with E-state index in [-0.39, 0.29) is 0 Å². The molecule has 1 aliphatic rings. The standard InChI is InChI=1S/C10H12BrN3/c11-8-5-6-12-10(7-8)14-13-9-3-1-2-4-9/h5-7H,1-4H2,(H,12,14). The van der Waals surface area contributed by atoms with E-state index >= 15 is 0 Å². The van der Waals surface area contributed by atoms with Gasteiger partial charge in [0.2, 0.25) is 0 Å². The summed E-state index contributed by atoms with van der Waals surface area (Å²) in [5.41, 5.74) is 4.23. The fourth-order valence-corrected chi connectivity index (χ4v) is 1.83. The van der Waals surface area contributed by atoms with Gasteiger partial charge < -0.3 is 0 Å². The zero-order valence-corrected chi connectivity index (χ0v) is 9.42. The highest BCUT2D eigenvalue weighted by Gasteiger charge is 2.07. The van der Waals surface area contributed by atoms with Crippen molar-refractivity contribution in [2.24, 2.45) is 5.10 Å². The van der Waals surface area contributed by atoms with E-state index in [1.165, 1.54) is 18.6 Å². The first-order valence-electron chi connectivity index (χ1n) is 4.77. The van der Waals surface area contributed by atoms with Gasteiger partial charge in [0.05, 0.1) is 0 Å². The minimum Gasteiger partial charge on any atom is -0.261 e. The van der Waals surface area contributed by atoms with E-state index in [2.05, 4.69) is 31.4 Å². The lowest BCUT2D eigenvalue weighted by Gasteiger charge is -2.00. The van der Waals surface area contributed by atoms with Gasteiger partial charge in [-0.3, -0.25) is 5.43 Å². The van der Waals surface area contributed by atoms with Crippen LogP contribution in [0.15, 0.2) is 27.9 Å². The van der Waals surface area contributed by atoms with Gasteiger partial charge in [0.25, 0.3) is 0 Å². The Hall–Kier alpha value is -0.900. The molecule has 1 heterocycles. The van der Waals surface area contributed by atoms with Crippen LogP contribution in [-0.4, -0.2) is 10.7 Å². The van der Waals surface area contributed by atoms with Crippen molar-refractivity contribution in [1.29, 1.82) is 0 Å². The van der Waals surface area contributed by atoms with Gasteiger partial charge in [-0.15, -0.1) is 0 Å². The van der Waals surface area contributed by atoms with Crippen molar-refractivity contribution in [2.45, 2.75) is 25.7 Å². The maximum atomic E-state index is 4.32. The van der Waals surface area contributed by atoms with Gasteiger partial charge in [0.15, 0.2) is 0 Å². The molecule has 1 saturated carbocycles. The Morgan fingerprint density at radius 2 is 2.14 bits per heavy atom. The molecule has 14 heavy (non-hydrogen) atoms. The molecule has 0 atom stereocenters. The predicted octanol–water partition coefficient (Wildman–Crippen LogP) is 3.19. The molecule has 0 amide bonds. The number of nitrogens with zero attached hydrogens (tertiary/aromatic N) is 2. The van der Waals surface area contributed by atoms with E-state index in [0.29, 0.717) is 0 Å². The molecule has 1 aromatic heterocycles. The zero-order valence-electron chi connectivity index (χ0n) is 7.83. The number of halogens is 1. The van der Waals surface area contributed by atoms with Crippen molar-refractivity contribution >= 4 is 27.5 Å². The third-order valence-electron chi connectivity index (χ3n) is 2.23. The lowest BCUT2D eigenvalue weighted by Crippen LogP contribution is -1.97. The Kier molecular flexibility index (Phi) is 3.14. The summed E-state index contributed by atoms with van der Waals surface area (Å²) < 4.78 is 1.02. The topological polar surface area (TPSA) is 37.3 Å². The Morgan fingerprint density at radius 3 is 2.86 bits per heavy atom. The average molecular weight is 254 g/mol. The Morgan fingerprint density at radius 1 is 1.36 bits per heavy atom. The fourth-order valence-electron chi connectivity index (χ4n) is 1.50. The van der Waals surface area contributed by atoms with Crippen LogP contribution in [0.25, 0.3) is 0 Å². The second kappa shape index (κ2) is 4.55. The molecule has 0 spiro atoms. The summed E-state index contributed by atoms with van der Waals surface area (Å²) in [6.07, 6.45) is 6.54. The van der Waals surface area contributed by atoms with Gasteiger partial charge in [-0.05, 0) is 37.8 Å². The van der Waals surface area contributed by atoms with Crippen molar-refractivity contribution < 1.29 is 0 Å². The molecule has 2 rings (SSSR count). The number of aromatic nitrogens is 1. The van der Waals surface area contributed by atoms with Crippen molar-refractivity contribution in [3.05, 3.63) is 22.8 Å². The number of hydrogen-bond donors (Lipinski definition) is 1. The van der Waals surface area contributed by atoms with Crippen LogP contribution in [0.2, 0.25) is 0 Å². The molecule has 1 aromatic rings. The van der Waals surface area contributed by atoms with Gasteiger partial charge in [0, 0.05) is 16.4 Å². The first kappa shape index (κ1) is 9.65. The van der Waals surface area contributed by atoms with Crippen molar-refractivity contribution in [1.82, 2.24) is 4.98 Å². The summed E-state index contributed by atoms with van der Waals surface area (Å²) in [6.45, 7) is 0. The molecule has 3 nitrogen and oxygen atoms in total. The van der Waals surface area contributed by atoms with E-state index in [9.17, 15) is 0 Å². The number of nitrogens with one attached hydrogen (secondary N) is 1. The molecule has 0 aromatic carbocycles. The van der Waals surface area contributed by atoms with E-state index in [0.717, 1.165) is 23.1 Å². The maximum Gasteiger partial charge on any atom is 0.147 e. The number of anilines is 1. The smallest absolute Gasteiger partial charge is 0.147 e. The molecule has 1 fully saturated rings. The van der Waals surface area contributed by atoms with Gasteiger partial charge in [0.1, 0.15) is 5.82 Å². The minimum atomic E-state index is 0.791. The highest BCUT2D eigenvalue weighted by Crippen LogP contribution is 2.16. The van der Waals surface area contributed by atoms with Crippen LogP contribution < -0.4 is 5.43 Å². The Balaban J connectivity index is 2.00. The monoisotopic (exact) mass is 253 g/mol. The minimum absolute atomic E-state index is 0.791. The molecule has 1 aliphatic carbocycles.